The highest BCUT2D eigenvalue weighted by Crippen LogP contribution is 2.45. The summed E-state index contributed by atoms with van der Waals surface area (Å²) >= 11 is 0. The Morgan fingerprint density at radius 1 is 0.206 bits per heavy atom. The molecule has 0 amide bonds. The molecule has 0 saturated heterocycles. The zero-order valence-corrected chi connectivity index (χ0v) is 34.6. The molecule has 0 unspecified atom stereocenters. The van der Waals surface area contributed by atoms with E-state index in [0.29, 0.717) is 0 Å². The van der Waals surface area contributed by atoms with Crippen LogP contribution in [0, 0.1) is 0 Å². The van der Waals surface area contributed by atoms with Gasteiger partial charge in [0.15, 0.2) is 0 Å². The fourth-order valence-electron chi connectivity index (χ4n) is 9.64. The van der Waals surface area contributed by atoms with Gasteiger partial charge in [-0.25, -0.2) is 0 Å². The predicted molar refractivity (Wildman–Crippen MR) is 270 cm³/mol. The Labute approximate surface area is 367 Å². The van der Waals surface area contributed by atoms with Gasteiger partial charge in [-0.3, -0.25) is 0 Å². The predicted octanol–water partition coefficient (Wildman–Crippen LogP) is 17.6. The number of hydrogen-bond donors (Lipinski definition) is 0. The Morgan fingerprint density at radius 2 is 0.667 bits per heavy atom. The lowest BCUT2D eigenvalue weighted by Gasteiger charge is -2.29. The average Bonchev–Trinajstić information content (AvgIpc) is 3.36. The van der Waals surface area contributed by atoms with Gasteiger partial charge in [0.2, 0.25) is 0 Å². The first kappa shape index (κ1) is 36.6. The van der Waals surface area contributed by atoms with E-state index < -0.39 is 0 Å². The number of hydrogen-bond acceptors (Lipinski definition) is 1. The number of benzene rings is 12. The van der Waals surface area contributed by atoms with Crippen molar-refractivity contribution < 1.29 is 0 Å². The first-order valence-electron chi connectivity index (χ1n) is 21.7. The minimum atomic E-state index is 1.08. The summed E-state index contributed by atoms with van der Waals surface area (Å²) in [5, 5.41) is 12.5. The molecule has 0 bridgehead atoms. The van der Waals surface area contributed by atoms with Crippen LogP contribution in [0.15, 0.2) is 249 Å². The third-order valence-corrected chi connectivity index (χ3v) is 12.8. The molecule has 0 aliphatic heterocycles. The first-order chi connectivity index (χ1) is 31.2. The number of fused-ring (bicyclic) bond motifs is 6. The maximum Gasteiger partial charge on any atom is 0.0546 e. The van der Waals surface area contributed by atoms with Crippen LogP contribution >= 0.6 is 0 Å². The third kappa shape index (κ3) is 6.59. The maximum absolute atomic E-state index is 2.45. The highest BCUT2D eigenvalue weighted by molar-refractivity contribution is 6.14. The highest BCUT2D eigenvalue weighted by atomic mass is 15.1. The van der Waals surface area contributed by atoms with E-state index >= 15 is 0 Å². The van der Waals surface area contributed by atoms with E-state index in [-0.39, 0.29) is 0 Å². The van der Waals surface area contributed by atoms with E-state index in [2.05, 4.69) is 254 Å². The Balaban J connectivity index is 1.06. The SMILES string of the molecule is c1ccc2cc(-c3ccc(-c4ccc5ccccc5c4)c(N(c4ccc(-c5cccc6ccccc56)cc4)c4ccc(-c5cc6ccccc6c6ccccc56)cc4)c3)ccc2c1. The standard InChI is InChI=1S/C62H41N/c1-3-15-47-38-49(26-24-42(47)12-1)50-32-37-58(52-27-25-43-13-2-4-16-48(43)39-52)62(41-50)63(53-33-28-45(29-34-53)56-23-11-18-44-14-5-7-19-55(44)56)54-35-30-46(31-36-54)61-40-51-17-6-8-20-57(51)59-21-9-10-22-60(59)61/h1-41H. The summed E-state index contributed by atoms with van der Waals surface area (Å²) in [6.07, 6.45) is 0. The zero-order valence-electron chi connectivity index (χ0n) is 34.6. The van der Waals surface area contributed by atoms with E-state index in [1.807, 2.05) is 0 Å². The van der Waals surface area contributed by atoms with Crippen molar-refractivity contribution in [3.8, 4) is 44.5 Å². The molecular formula is C62H41N. The molecule has 0 heterocycles. The van der Waals surface area contributed by atoms with Crippen LogP contribution in [-0.4, -0.2) is 0 Å². The van der Waals surface area contributed by atoms with Gasteiger partial charge in [0, 0.05) is 16.9 Å². The summed E-state index contributed by atoms with van der Waals surface area (Å²) < 4.78 is 0. The lowest BCUT2D eigenvalue weighted by atomic mass is 9.93. The zero-order chi connectivity index (χ0) is 41.7. The Morgan fingerprint density at radius 3 is 1.35 bits per heavy atom. The van der Waals surface area contributed by atoms with E-state index in [4.69, 9.17) is 0 Å². The third-order valence-electron chi connectivity index (χ3n) is 12.8. The molecule has 0 saturated carbocycles. The summed E-state index contributed by atoms with van der Waals surface area (Å²) in [5.41, 5.74) is 12.8. The maximum atomic E-state index is 2.45. The molecule has 0 spiro atoms. The molecule has 294 valence electrons. The molecule has 12 aromatic carbocycles. The van der Waals surface area contributed by atoms with Crippen molar-refractivity contribution in [1.29, 1.82) is 0 Å². The van der Waals surface area contributed by atoms with Crippen LogP contribution in [0.1, 0.15) is 0 Å². The minimum Gasteiger partial charge on any atom is -0.310 e. The second-order valence-corrected chi connectivity index (χ2v) is 16.5. The average molecular weight is 800 g/mol. The molecule has 0 aromatic heterocycles. The second-order valence-electron chi connectivity index (χ2n) is 16.5. The topological polar surface area (TPSA) is 3.24 Å². The molecule has 12 rings (SSSR count). The monoisotopic (exact) mass is 799 g/mol. The summed E-state index contributed by atoms with van der Waals surface area (Å²) in [6, 6.07) is 91.3. The Bertz CT molecular complexity index is 3670. The van der Waals surface area contributed by atoms with Gasteiger partial charge in [-0.2, -0.15) is 0 Å². The molecular weight excluding hydrogens is 759 g/mol. The molecule has 0 N–H and O–H groups in total. The van der Waals surface area contributed by atoms with Crippen LogP contribution in [-0.2, 0) is 0 Å². The van der Waals surface area contributed by atoms with Crippen LogP contribution in [0.4, 0.5) is 17.1 Å². The van der Waals surface area contributed by atoms with Crippen molar-refractivity contribution in [2.75, 3.05) is 4.90 Å². The van der Waals surface area contributed by atoms with Gasteiger partial charge in [-0.05, 0) is 141 Å². The molecule has 0 aliphatic carbocycles. The molecule has 0 atom stereocenters. The Kier molecular flexibility index (Phi) is 8.90. The van der Waals surface area contributed by atoms with Crippen LogP contribution in [0.2, 0.25) is 0 Å². The van der Waals surface area contributed by atoms with Crippen LogP contribution in [0.3, 0.4) is 0 Å². The highest BCUT2D eigenvalue weighted by Gasteiger charge is 2.20. The fourth-order valence-corrected chi connectivity index (χ4v) is 9.64. The normalized spacial score (nSPS) is 11.5. The number of nitrogens with zero attached hydrogens (tertiary/aromatic N) is 1. The van der Waals surface area contributed by atoms with Crippen LogP contribution < -0.4 is 4.90 Å². The molecule has 12 aromatic rings. The second kappa shape index (κ2) is 15.3. The van der Waals surface area contributed by atoms with Gasteiger partial charge in [0.1, 0.15) is 0 Å². The smallest absolute Gasteiger partial charge is 0.0546 e. The molecule has 0 radical (unpaired) electrons. The van der Waals surface area contributed by atoms with E-state index in [0.717, 1.165) is 28.2 Å². The van der Waals surface area contributed by atoms with Crippen molar-refractivity contribution in [2.45, 2.75) is 0 Å². The van der Waals surface area contributed by atoms with E-state index in [1.165, 1.54) is 87.2 Å². The molecule has 0 fully saturated rings. The molecule has 1 heteroatoms. The lowest BCUT2D eigenvalue weighted by molar-refractivity contribution is 1.28. The molecule has 0 aliphatic rings. The van der Waals surface area contributed by atoms with Crippen LogP contribution in [0.25, 0.3) is 98.4 Å². The fraction of sp³-hybridized carbons (Fsp3) is 0. The van der Waals surface area contributed by atoms with Gasteiger partial charge in [0.05, 0.1) is 5.69 Å². The minimum absolute atomic E-state index is 1.08. The van der Waals surface area contributed by atoms with Gasteiger partial charge in [-0.1, -0.05) is 200 Å². The van der Waals surface area contributed by atoms with Crippen molar-refractivity contribution in [2.24, 2.45) is 0 Å². The lowest BCUT2D eigenvalue weighted by Crippen LogP contribution is -2.11. The first-order valence-corrected chi connectivity index (χ1v) is 21.7. The van der Waals surface area contributed by atoms with Gasteiger partial charge in [-0.15, -0.1) is 0 Å². The summed E-state index contributed by atoms with van der Waals surface area (Å²) in [7, 11) is 0. The number of anilines is 3. The van der Waals surface area contributed by atoms with Crippen molar-refractivity contribution in [3.05, 3.63) is 249 Å². The van der Waals surface area contributed by atoms with Crippen molar-refractivity contribution >= 4 is 70.9 Å². The molecule has 63 heavy (non-hydrogen) atoms. The van der Waals surface area contributed by atoms with Gasteiger partial charge >= 0.3 is 0 Å². The molecule has 1 nitrogen and oxygen atoms in total. The van der Waals surface area contributed by atoms with Crippen molar-refractivity contribution in [3.63, 3.8) is 0 Å². The van der Waals surface area contributed by atoms with E-state index in [9.17, 15) is 0 Å². The quantitative estimate of drug-likeness (QED) is 0.145. The largest absolute Gasteiger partial charge is 0.310 e. The van der Waals surface area contributed by atoms with Gasteiger partial charge in [0.25, 0.3) is 0 Å². The van der Waals surface area contributed by atoms with E-state index in [1.54, 1.807) is 0 Å². The Hall–Kier alpha value is -8.26. The number of rotatable bonds is 7. The summed E-state index contributed by atoms with van der Waals surface area (Å²) in [5.74, 6) is 0. The van der Waals surface area contributed by atoms with Crippen molar-refractivity contribution in [1.82, 2.24) is 0 Å². The van der Waals surface area contributed by atoms with Crippen LogP contribution in [0.5, 0.6) is 0 Å². The van der Waals surface area contributed by atoms with Gasteiger partial charge < -0.3 is 4.90 Å². The summed E-state index contributed by atoms with van der Waals surface area (Å²) in [6.45, 7) is 0. The summed E-state index contributed by atoms with van der Waals surface area (Å²) in [4.78, 5) is 2.45.